The molecule has 2 aromatic rings. The smallest absolute Gasteiger partial charge is 0.325 e. The Labute approximate surface area is 154 Å². The van der Waals surface area contributed by atoms with Gasteiger partial charge >= 0.3 is 5.97 Å². The Bertz CT molecular complexity index is 723. The van der Waals surface area contributed by atoms with Crippen molar-refractivity contribution in [3.8, 4) is 11.5 Å². The minimum Gasteiger partial charge on any atom is -0.497 e. The summed E-state index contributed by atoms with van der Waals surface area (Å²) in [4.78, 5) is 23.9. The van der Waals surface area contributed by atoms with E-state index in [1.54, 1.807) is 18.2 Å². The molecule has 25 heavy (non-hydrogen) atoms. The molecule has 0 aliphatic carbocycles. The van der Waals surface area contributed by atoms with Crippen LogP contribution < -0.4 is 14.8 Å². The van der Waals surface area contributed by atoms with E-state index in [-0.39, 0.29) is 13.2 Å². The number of carbonyl (C=O) groups is 2. The number of esters is 1. The number of amides is 1. The molecule has 6 nitrogen and oxygen atoms in total. The van der Waals surface area contributed by atoms with Crippen molar-refractivity contribution in [2.45, 2.75) is 6.61 Å². The molecule has 0 spiro atoms. The van der Waals surface area contributed by atoms with Crippen molar-refractivity contribution in [2.24, 2.45) is 0 Å². The van der Waals surface area contributed by atoms with Crippen LogP contribution in [0.25, 0.3) is 0 Å². The van der Waals surface area contributed by atoms with E-state index >= 15 is 0 Å². The highest BCUT2D eigenvalue weighted by atomic mass is 79.9. The van der Waals surface area contributed by atoms with Gasteiger partial charge in [0.15, 0.2) is 0 Å². The second-order valence-electron chi connectivity index (χ2n) is 5.07. The summed E-state index contributed by atoms with van der Waals surface area (Å²) in [6.07, 6.45) is 0. The monoisotopic (exact) mass is 407 g/mol. The van der Waals surface area contributed by atoms with Crippen LogP contribution in [0, 0.1) is 0 Å². The summed E-state index contributed by atoms with van der Waals surface area (Å²) in [5.74, 6) is 0.0357. The van der Waals surface area contributed by atoms with E-state index in [4.69, 9.17) is 14.2 Å². The number of methoxy groups -OCH3 is 2. The molecule has 0 aliphatic rings. The number of nitrogens with one attached hydrogen (secondary N) is 1. The van der Waals surface area contributed by atoms with E-state index in [2.05, 4.69) is 21.2 Å². The van der Waals surface area contributed by atoms with E-state index in [1.165, 1.54) is 14.2 Å². The Morgan fingerprint density at radius 1 is 1.00 bits per heavy atom. The first-order valence-corrected chi connectivity index (χ1v) is 8.22. The summed E-state index contributed by atoms with van der Waals surface area (Å²) >= 11 is 3.34. The number of hydrogen-bond acceptors (Lipinski definition) is 5. The summed E-state index contributed by atoms with van der Waals surface area (Å²) in [6, 6.07) is 12.2. The van der Waals surface area contributed by atoms with Gasteiger partial charge in [-0.25, -0.2) is 0 Å². The summed E-state index contributed by atoms with van der Waals surface area (Å²) in [5, 5.41) is 2.51. The van der Waals surface area contributed by atoms with Crippen LogP contribution in [0.2, 0.25) is 0 Å². The zero-order valence-electron chi connectivity index (χ0n) is 13.9. The fourth-order valence-corrected chi connectivity index (χ4v) is 2.25. The van der Waals surface area contributed by atoms with Crippen molar-refractivity contribution in [1.82, 2.24) is 5.32 Å². The Morgan fingerprint density at radius 3 is 2.16 bits per heavy atom. The van der Waals surface area contributed by atoms with Gasteiger partial charge in [-0.1, -0.05) is 28.1 Å². The van der Waals surface area contributed by atoms with E-state index in [9.17, 15) is 9.59 Å². The highest BCUT2D eigenvalue weighted by Crippen LogP contribution is 2.22. The average Bonchev–Trinajstić information content (AvgIpc) is 2.65. The van der Waals surface area contributed by atoms with Crippen molar-refractivity contribution in [3.05, 3.63) is 58.1 Å². The summed E-state index contributed by atoms with van der Waals surface area (Å²) in [5.41, 5.74) is 1.19. The molecule has 0 aliphatic heterocycles. The lowest BCUT2D eigenvalue weighted by molar-refractivity contribution is -0.143. The molecule has 2 rings (SSSR count). The lowest BCUT2D eigenvalue weighted by Crippen LogP contribution is -2.30. The minimum atomic E-state index is -0.522. The SMILES string of the molecule is COc1cc(OC)cc(C(=O)NCC(=O)OCc2ccc(Br)cc2)c1. The Morgan fingerprint density at radius 2 is 1.60 bits per heavy atom. The van der Waals surface area contributed by atoms with Crippen LogP contribution in [0.4, 0.5) is 0 Å². The number of benzene rings is 2. The summed E-state index contributed by atoms with van der Waals surface area (Å²) in [7, 11) is 2.99. The van der Waals surface area contributed by atoms with Crippen LogP contribution >= 0.6 is 15.9 Å². The molecule has 2 aromatic carbocycles. The van der Waals surface area contributed by atoms with Crippen LogP contribution in [0.3, 0.4) is 0 Å². The molecule has 0 unspecified atom stereocenters. The molecule has 0 fully saturated rings. The number of carbonyl (C=O) groups excluding carboxylic acids is 2. The van der Waals surface area contributed by atoms with E-state index in [0.29, 0.717) is 17.1 Å². The molecule has 0 aromatic heterocycles. The molecule has 1 N–H and O–H groups in total. The fraction of sp³-hybridized carbons (Fsp3) is 0.222. The molecule has 7 heteroatoms. The summed E-state index contributed by atoms with van der Waals surface area (Å²) in [6.45, 7) is -0.0795. The predicted molar refractivity (Wildman–Crippen MR) is 95.8 cm³/mol. The van der Waals surface area contributed by atoms with Crippen molar-refractivity contribution in [2.75, 3.05) is 20.8 Å². The first kappa shape index (κ1) is 18.8. The molecule has 0 saturated carbocycles. The molecule has 0 bridgehead atoms. The number of halogens is 1. The lowest BCUT2D eigenvalue weighted by Gasteiger charge is -2.09. The van der Waals surface area contributed by atoms with Gasteiger partial charge in [-0.15, -0.1) is 0 Å². The number of hydrogen-bond donors (Lipinski definition) is 1. The molecule has 0 saturated heterocycles. The summed E-state index contributed by atoms with van der Waals surface area (Å²) < 4.78 is 16.3. The second-order valence-corrected chi connectivity index (χ2v) is 5.99. The van der Waals surface area contributed by atoms with Crippen molar-refractivity contribution < 1.29 is 23.8 Å². The van der Waals surface area contributed by atoms with Crippen molar-refractivity contribution in [1.29, 1.82) is 0 Å². The zero-order chi connectivity index (χ0) is 18.2. The standard InChI is InChI=1S/C18H18BrNO5/c1-23-15-7-13(8-16(9-15)24-2)18(22)20-10-17(21)25-11-12-3-5-14(19)6-4-12/h3-9H,10-11H2,1-2H3,(H,20,22). The molecule has 1 amide bonds. The van der Waals surface area contributed by atoms with Gasteiger partial charge in [0.25, 0.3) is 5.91 Å². The molecular weight excluding hydrogens is 390 g/mol. The Balaban J connectivity index is 1.86. The average molecular weight is 408 g/mol. The van der Waals surface area contributed by atoms with E-state index < -0.39 is 11.9 Å². The molecule has 0 atom stereocenters. The minimum absolute atomic E-state index is 0.148. The Kier molecular flexibility index (Phi) is 6.82. The van der Waals surface area contributed by atoms with Gasteiger partial charge in [0, 0.05) is 16.1 Å². The van der Waals surface area contributed by atoms with E-state index in [1.807, 2.05) is 24.3 Å². The number of ether oxygens (including phenoxy) is 3. The maximum Gasteiger partial charge on any atom is 0.325 e. The maximum absolute atomic E-state index is 12.2. The van der Waals surface area contributed by atoms with Gasteiger partial charge in [0.1, 0.15) is 24.7 Å². The zero-order valence-corrected chi connectivity index (χ0v) is 15.5. The van der Waals surface area contributed by atoms with Crippen LogP contribution in [0.1, 0.15) is 15.9 Å². The van der Waals surface area contributed by atoms with Gasteiger partial charge in [0.05, 0.1) is 14.2 Å². The van der Waals surface area contributed by atoms with Gasteiger partial charge in [-0.3, -0.25) is 9.59 Å². The van der Waals surface area contributed by atoms with Gasteiger partial charge in [0.2, 0.25) is 0 Å². The quantitative estimate of drug-likeness (QED) is 0.714. The van der Waals surface area contributed by atoms with Crippen molar-refractivity contribution in [3.63, 3.8) is 0 Å². The van der Waals surface area contributed by atoms with Crippen LogP contribution in [-0.2, 0) is 16.1 Å². The topological polar surface area (TPSA) is 73.9 Å². The molecule has 0 radical (unpaired) electrons. The predicted octanol–water partition coefficient (Wildman–Crippen LogP) is 2.94. The van der Waals surface area contributed by atoms with Gasteiger partial charge < -0.3 is 19.5 Å². The normalized spacial score (nSPS) is 10.0. The third-order valence-electron chi connectivity index (χ3n) is 3.32. The van der Waals surface area contributed by atoms with Crippen molar-refractivity contribution >= 4 is 27.8 Å². The fourth-order valence-electron chi connectivity index (χ4n) is 1.99. The molecular formula is C18H18BrNO5. The van der Waals surface area contributed by atoms with E-state index in [0.717, 1.165) is 10.0 Å². The highest BCUT2D eigenvalue weighted by molar-refractivity contribution is 9.10. The van der Waals surface area contributed by atoms with Crippen LogP contribution in [0.5, 0.6) is 11.5 Å². The Hall–Kier alpha value is -2.54. The first-order valence-electron chi connectivity index (χ1n) is 7.43. The lowest BCUT2D eigenvalue weighted by atomic mass is 10.2. The van der Waals surface area contributed by atoms with Crippen LogP contribution in [-0.4, -0.2) is 32.6 Å². The molecule has 132 valence electrons. The largest absolute Gasteiger partial charge is 0.497 e. The maximum atomic E-state index is 12.2. The number of rotatable bonds is 7. The highest BCUT2D eigenvalue weighted by Gasteiger charge is 2.12. The molecule has 0 heterocycles. The first-order chi connectivity index (χ1) is 12.0. The second kappa shape index (κ2) is 9.08. The third-order valence-corrected chi connectivity index (χ3v) is 3.85. The van der Waals surface area contributed by atoms with Gasteiger partial charge in [-0.2, -0.15) is 0 Å². The van der Waals surface area contributed by atoms with Gasteiger partial charge in [-0.05, 0) is 29.8 Å². The van der Waals surface area contributed by atoms with Crippen LogP contribution in [0.15, 0.2) is 46.9 Å². The third kappa shape index (κ3) is 5.79.